The third-order valence-corrected chi connectivity index (χ3v) is 4.98. The summed E-state index contributed by atoms with van der Waals surface area (Å²) < 4.78 is 16.1. The van der Waals surface area contributed by atoms with Crippen molar-refractivity contribution in [3.05, 3.63) is 84.2 Å². The number of hydrogen-bond acceptors (Lipinski definition) is 6. The minimum Gasteiger partial charge on any atom is -0.494 e. The Kier molecular flexibility index (Phi) is 11.8. The summed E-state index contributed by atoms with van der Waals surface area (Å²) in [7, 11) is 0. The van der Waals surface area contributed by atoms with Crippen molar-refractivity contribution in [2.45, 2.75) is 39.0 Å². The van der Waals surface area contributed by atoms with Crippen molar-refractivity contribution in [2.75, 3.05) is 13.2 Å². The first-order chi connectivity index (χ1) is 16.8. The van der Waals surface area contributed by atoms with Crippen LogP contribution in [0.5, 0.6) is 5.75 Å². The van der Waals surface area contributed by atoms with Crippen LogP contribution in [-0.2, 0) is 23.9 Å². The largest absolute Gasteiger partial charge is 0.494 e. The lowest BCUT2D eigenvalue weighted by Crippen LogP contribution is -2.06. The summed E-state index contributed by atoms with van der Waals surface area (Å²) in [5.41, 5.74) is 1.11. The molecule has 0 aromatic heterocycles. The standard InChI is InChI=1S/C28H32O7/c1-21(2)28(32)34-20-6-4-3-5-19-33-24-13-7-23(8-14-24)12-18-27(31)35-25-15-9-22(10-16-25)11-17-26(29)30/h7,9-18,23H,1,3-6,8,19-20H2,2H3,(H,29,30)/b17-11+,18-12+. The van der Waals surface area contributed by atoms with Crippen molar-refractivity contribution in [1.29, 1.82) is 0 Å². The molecule has 0 fully saturated rings. The highest BCUT2D eigenvalue weighted by Gasteiger charge is 2.08. The zero-order valence-corrected chi connectivity index (χ0v) is 20.0. The second kappa shape index (κ2) is 15.1. The van der Waals surface area contributed by atoms with E-state index in [1.807, 2.05) is 18.2 Å². The molecular weight excluding hydrogens is 448 g/mol. The Bertz CT molecular complexity index is 997. The fraction of sp³-hybridized carbons (Fsp3) is 0.321. The molecule has 0 aliphatic heterocycles. The lowest BCUT2D eigenvalue weighted by molar-refractivity contribution is -0.139. The van der Waals surface area contributed by atoms with Gasteiger partial charge in [0, 0.05) is 17.7 Å². The van der Waals surface area contributed by atoms with Crippen LogP contribution < -0.4 is 4.74 Å². The van der Waals surface area contributed by atoms with Crippen molar-refractivity contribution in [1.82, 2.24) is 0 Å². The number of unbranched alkanes of at least 4 members (excludes halogenated alkanes) is 3. The van der Waals surface area contributed by atoms with Gasteiger partial charge in [-0.25, -0.2) is 14.4 Å². The van der Waals surface area contributed by atoms with Gasteiger partial charge in [-0.1, -0.05) is 30.9 Å². The van der Waals surface area contributed by atoms with Crippen LogP contribution in [0.4, 0.5) is 0 Å². The molecule has 1 aliphatic carbocycles. The molecule has 7 nitrogen and oxygen atoms in total. The molecule has 186 valence electrons. The summed E-state index contributed by atoms with van der Waals surface area (Å²) in [4.78, 5) is 33.9. The van der Waals surface area contributed by atoms with Crippen molar-refractivity contribution in [3.8, 4) is 5.75 Å². The maximum absolute atomic E-state index is 12.1. The predicted octanol–water partition coefficient (Wildman–Crippen LogP) is 5.40. The molecule has 1 aliphatic rings. The number of hydrogen-bond donors (Lipinski definition) is 1. The molecule has 1 N–H and O–H groups in total. The van der Waals surface area contributed by atoms with E-state index >= 15 is 0 Å². The van der Waals surface area contributed by atoms with Gasteiger partial charge in [0.2, 0.25) is 0 Å². The number of carbonyl (C=O) groups is 3. The number of rotatable bonds is 14. The van der Waals surface area contributed by atoms with Gasteiger partial charge in [0.25, 0.3) is 0 Å². The molecule has 0 heterocycles. The second-order valence-corrected chi connectivity index (χ2v) is 8.06. The number of benzene rings is 1. The Morgan fingerprint density at radius 3 is 2.40 bits per heavy atom. The van der Waals surface area contributed by atoms with Crippen molar-refractivity contribution in [3.63, 3.8) is 0 Å². The fourth-order valence-electron chi connectivity index (χ4n) is 3.07. The molecule has 7 heteroatoms. The van der Waals surface area contributed by atoms with E-state index < -0.39 is 11.9 Å². The van der Waals surface area contributed by atoms with Crippen LogP contribution in [-0.4, -0.2) is 36.2 Å². The van der Waals surface area contributed by atoms with Crippen molar-refractivity contribution in [2.24, 2.45) is 5.92 Å². The van der Waals surface area contributed by atoms with Gasteiger partial charge in [-0.05, 0) is 80.9 Å². The summed E-state index contributed by atoms with van der Waals surface area (Å²) in [6.07, 6.45) is 16.0. The van der Waals surface area contributed by atoms with E-state index in [4.69, 9.17) is 19.3 Å². The molecule has 1 unspecified atom stereocenters. The zero-order chi connectivity index (χ0) is 25.5. The van der Waals surface area contributed by atoms with Gasteiger partial charge in [-0.15, -0.1) is 0 Å². The summed E-state index contributed by atoms with van der Waals surface area (Å²) in [6, 6.07) is 6.56. The van der Waals surface area contributed by atoms with Gasteiger partial charge in [0.15, 0.2) is 0 Å². The molecule has 35 heavy (non-hydrogen) atoms. The van der Waals surface area contributed by atoms with Crippen LogP contribution in [0, 0.1) is 5.92 Å². The number of aliphatic carboxylic acids is 1. The second-order valence-electron chi connectivity index (χ2n) is 8.06. The van der Waals surface area contributed by atoms with E-state index in [0.29, 0.717) is 30.1 Å². The maximum Gasteiger partial charge on any atom is 0.335 e. The Morgan fingerprint density at radius 2 is 1.77 bits per heavy atom. The van der Waals surface area contributed by atoms with Crippen LogP contribution >= 0.6 is 0 Å². The van der Waals surface area contributed by atoms with Gasteiger partial charge in [0.05, 0.1) is 13.2 Å². The molecule has 0 spiro atoms. The van der Waals surface area contributed by atoms with Crippen LogP contribution in [0.25, 0.3) is 6.08 Å². The van der Waals surface area contributed by atoms with Crippen LogP contribution in [0.15, 0.2) is 78.6 Å². The molecule has 1 atom stereocenters. The number of carboxylic acids is 1. The van der Waals surface area contributed by atoms with E-state index in [9.17, 15) is 14.4 Å². The zero-order valence-electron chi connectivity index (χ0n) is 20.0. The van der Waals surface area contributed by atoms with E-state index in [0.717, 1.165) is 43.9 Å². The van der Waals surface area contributed by atoms with E-state index in [2.05, 4.69) is 6.58 Å². The number of ether oxygens (including phenoxy) is 3. The smallest absolute Gasteiger partial charge is 0.335 e. The van der Waals surface area contributed by atoms with E-state index in [-0.39, 0.29) is 11.9 Å². The van der Waals surface area contributed by atoms with Gasteiger partial charge < -0.3 is 19.3 Å². The number of allylic oxidation sites excluding steroid dienone is 4. The number of carboxylic acid groups (broad SMARTS) is 1. The first-order valence-electron chi connectivity index (χ1n) is 11.6. The van der Waals surface area contributed by atoms with E-state index in [1.165, 1.54) is 12.2 Å². The van der Waals surface area contributed by atoms with Gasteiger partial charge in [0.1, 0.15) is 11.5 Å². The van der Waals surface area contributed by atoms with Gasteiger partial charge >= 0.3 is 17.9 Å². The number of esters is 2. The Hall–Kier alpha value is -3.87. The molecule has 0 saturated carbocycles. The molecular formula is C28H32O7. The molecule has 0 saturated heterocycles. The maximum atomic E-state index is 12.1. The van der Waals surface area contributed by atoms with Crippen LogP contribution in [0.2, 0.25) is 0 Å². The summed E-state index contributed by atoms with van der Waals surface area (Å²) in [6.45, 7) is 6.22. The Labute approximate surface area is 206 Å². The van der Waals surface area contributed by atoms with Crippen molar-refractivity contribution >= 4 is 24.0 Å². The molecule has 1 aromatic carbocycles. The normalized spacial score (nSPS) is 15.1. The minimum absolute atomic E-state index is 0.0837. The first-order valence-corrected chi connectivity index (χ1v) is 11.6. The number of carbonyl (C=O) groups excluding carboxylic acids is 2. The third kappa shape index (κ3) is 11.7. The quantitative estimate of drug-likeness (QED) is 0.165. The van der Waals surface area contributed by atoms with E-state index in [1.54, 1.807) is 37.3 Å². The highest BCUT2D eigenvalue weighted by molar-refractivity contribution is 5.87. The topological polar surface area (TPSA) is 99.1 Å². The summed E-state index contributed by atoms with van der Waals surface area (Å²) >= 11 is 0. The van der Waals surface area contributed by atoms with Crippen LogP contribution in [0.1, 0.15) is 44.6 Å². The highest BCUT2D eigenvalue weighted by Crippen LogP contribution is 2.19. The predicted molar refractivity (Wildman–Crippen MR) is 133 cm³/mol. The molecule has 2 rings (SSSR count). The van der Waals surface area contributed by atoms with Crippen molar-refractivity contribution < 1.29 is 33.7 Å². The van der Waals surface area contributed by atoms with Crippen LogP contribution in [0.3, 0.4) is 0 Å². The fourth-order valence-corrected chi connectivity index (χ4v) is 3.07. The van der Waals surface area contributed by atoms with Gasteiger partial charge in [-0.3, -0.25) is 0 Å². The monoisotopic (exact) mass is 480 g/mol. The molecule has 0 bridgehead atoms. The Balaban J connectivity index is 1.60. The minimum atomic E-state index is -1.02. The van der Waals surface area contributed by atoms with Gasteiger partial charge in [-0.2, -0.15) is 0 Å². The lowest BCUT2D eigenvalue weighted by Gasteiger charge is -2.14. The lowest BCUT2D eigenvalue weighted by atomic mass is 9.99. The molecule has 0 radical (unpaired) electrons. The Morgan fingerprint density at radius 1 is 1.06 bits per heavy atom. The summed E-state index contributed by atoms with van der Waals surface area (Å²) in [5.74, 6) is -0.552. The highest BCUT2D eigenvalue weighted by atomic mass is 16.5. The summed E-state index contributed by atoms with van der Waals surface area (Å²) in [5, 5.41) is 8.64. The SMILES string of the molecule is C=C(C)C(=O)OCCCCCCOC1=CCC(/C=C/C(=O)Oc2ccc(/C=C/C(=O)O)cc2)C=C1. The average Bonchev–Trinajstić information content (AvgIpc) is 2.84. The average molecular weight is 481 g/mol. The first kappa shape index (κ1) is 27.4. The third-order valence-electron chi connectivity index (χ3n) is 4.98. The molecule has 1 aromatic rings. The molecule has 0 amide bonds.